The molecule has 1 amide bonds. The standard InChI is InChI=1S/C22H21N7O9/c1-12(23-24-21(30)11-26-14(3)22(29(35)36)13(2)25-26)15-5-7-19(20(9-15)37-4)38-18-8-6-16(27(31)32)10-17(18)28(33)34/h5-10H,11H2,1-4H3,(H,24,30)/b23-12+. The molecule has 0 bridgehead atoms. The highest BCUT2D eigenvalue weighted by Crippen LogP contribution is 2.38. The summed E-state index contributed by atoms with van der Waals surface area (Å²) in [7, 11) is 1.35. The van der Waals surface area contributed by atoms with E-state index in [1.165, 1.54) is 37.8 Å². The van der Waals surface area contributed by atoms with E-state index in [0.717, 1.165) is 18.2 Å². The predicted octanol–water partition coefficient (Wildman–Crippen LogP) is 3.57. The molecule has 0 saturated heterocycles. The average molecular weight is 527 g/mol. The number of rotatable bonds is 10. The van der Waals surface area contributed by atoms with Gasteiger partial charge in [0.2, 0.25) is 5.75 Å². The van der Waals surface area contributed by atoms with Crippen molar-refractivity contribution in [2.24, 2.45) is 5.10 Å². The normalized spacial score (nSPS) is 11.1. The predicted molar refractivity (Wildman–Crippen MR) is 132 cm³/mol. The third-order valence-corrected chi connectivity index (χ3v) is 5.32. The fourth-order valence-electron chi connectivity index (χ4n) is 3.43. The number of nitro benzene ring substituents is 2. The minimum atomic E-state index is -0.799. The molecule has 0 aliphatic heterocycles. The molecular formula is C22H21N7O9. The van der Waals surface area contributed by atoms with Gasteiger partial charge in [0.1, 0.15) is 17.9 Å². The van der Waals surface area contributed by atoms with E-state index in [9.17, 15) is 35.1 Å². The van der Waals surface area contributed by atoms with Crippen molar-refractivity contribution >= 4 is 28.7 Å². The fraction of sp³-hybridized carbons (Fsp3) is 0.227. The summed E-state index contributed by atoms with van der Waals surface area (Å²) in [5, 5.41) is 41.5. The molecule has 0 spiro atoms. The van der Waals surface area contributed by atoms with Crippen LogP contribution >= 0.6 is 0 Å². The average Bonchev–Trinajstić information content (AvgIpc) is 3.14. The van der Waals surface area contributed by atoms with E-state index < -0.39 is 32.1 Å². The molecule has 0 radical (unpaired) electrons. The number of hydrazone groups is 1. The van der Waals surface area contributed by atoms with Gasteiger partial charge in [-0.2, -0.15) is 10.2 Å². The first kappa shape index (κ1) is 27.2. The lowest BCUT2D eigenvalue weighted by atomic mass is 10.1. The van der Waals surface area contributed by atoms with Crippen LogP contribution in [0, 0.1) is 44.2 Å². The van der Waals surface area contributed by atoms with E-state index >= 15 is 0 Å². The Hall–Kier alpha value is -5.41. The molecule has 0 atom stereocenters. The van der Waals surface area contributed by atoms with Crippen LogP contribution in [0.2, 0.25) is 0 Å². The monoisotopic (exact) mass is 527 g/mol. The Morgan fingerprint density at radius 3 is 2.26 bits per heavy atom. The summed E-state index contributed by atoms with van der Waals surface area (Å²) in [6, 6.07) is 7.51. The summed E-state index contributed by atoms with van der Waals surface area (Å²) in [5.41, 5.74) is 2.43. The van der Waals surface area contributed by atoms with Crippen LogP contribution in [-0.2, 0) is 11.3 Å². The molecule has 3 aromatic rings. The number of aryl methyl sites for hydroxylation is 1. The maximum absolute atomic E-state index is 12.3. The van der Waals surface area contributed by atoms with Gasteiger partial charge in [0.15, 0.2) is 11.5 Å². The number of aromatic nitrogens is 2. The van der Waals surface area contributed by atoms with Crippen LogP contribution < -0.4 is 14.9 Å². The number of benzene rings is 2. The van der Waals surface area contributed by atoms with E-state index in [0.29, 0.717) is 11.3 Å². The van der Waals surface area contributed by atoms with Crippen LogP contribution in [0.3, 0.4) is 0 Å². The summed E-state index contributed by atoms with van der Waals surface area (Å²) >= 11 is 0. The molecule has 0 fully saturated rings. The van der Waals surface area contributed by atoms with Crippen LogP contribution in [-0.4, -0.2) is 43.3 Å². The van der Waals surface area contributed by atoms with E-state index in [2.05, 4.69) is 15.6 Å². The van der Waals surface area contributed by atoms with Gasteiger partial charge in [0, 0.05) is 11.6 Å². The van der Waals surface area contributed by atoms with E-state index in [4.69, 9.17) is 9.47 Å². The molecule has 16 nitrogen and oxygen atoms in total. The molecule has 1 N–H and O–H groups in total. The number of nitro groups is 3. The number of carbonyl (C=O) groups is 1. The van der Waals surface area contributed by atoms with Crippen LogP contribution in [0.4, 0.5) is 17.1 Å². The van der Waals surface area contributed by atoms with Gasteiger partial charge in [-0.1, -0.05) is 0 Å². The van der Waals surface area contributed by atoms with Crippen molar-refractivity contribution in [1.29, 1.82) is 0 Å². The van der Waals surface area contributed by atoms with Gasteiger partial charge in [0.25, 0.3) is 11.6 Å². The van der Waals surface area contributed by atoms with Gasteiger partial charge in [-0.05, 0) is 45.0 Å². The van der Waals surface area contributed by atoms with Crippen molar-refractivity contribution in [2.45, 2.75) is 27.3 Å². The second kappa shape index (κ2) is 11.1. The molecule has 1 aromatic heterocycles. The molecule has 38 heavy (non-hydrogen) atoms. The van der Waals surface area contributed by atoms with Gasteiger partial charge >= 0.3 is 11.4 Å². The van der Waals surface area contributed by atoms with Crippen molar-refractivity contribution in [3.8, 4) is 17.2 Å². The summed E-state index contributed by atoms with van der Waals surface area (Å²) in [6.07, 6.45) is 0. The second-order valence-electron chi connectivity index (χ2n) is 7.80. The molecular weight excluding hydrogens is 506 g/mol. The highest BCUT2D eigenvalue weighted by atomic mass is 16.6. The van der Waals surface area contributed by atoms with Crippen LogP contribution in [0.15, 0.2) is 41.5 Å². The van der Waals surface area contributed by atoms with Crippen molar-refractivity contribution in [2.75, 3.05) is 7.11 Å². The molecule has 16 heteroatoms. The highest BCUT2D eigenvalue weighted by Gasteiger charge is 2.24. The number of ether oxygens (including phenoxy) is 2. The number of nitrogens with zero attached hydrogens (tertiary/aromatic N) is 6. The molecule has 0 aliphatic rings. The number of non-ortho nitro benzene ring substituents is 1. The Bertz CT molecular complexity index is 1480. The van der Waals surface area contributed by atoms with E-state index in [1.54, 1.807) is 13.0 Å². The number of methoxy groups -OCH3 is 1. The minimum Gasteiger partial charge on any atom is -0.493 e. The summed E-state index contributed by atoms with van der Waals surface area (Å²) in [4.78, 5) is 43.7. The SMILES string of the molecule is COc1cc(/C(C)=N/NC(=O)Cn2nc(C)c([N+](=O)[O-])c2C)ccc1Oc1ccc([N+](=O)[O-])cc1[N+](=O)[O-]. The molecule has 1 heterocycles. The van der Waals surface area contributed by atoms with Gasteiger partial charge in [-0.3, -0.25) is 39.8 Å². The quantitative estimate of drug-likeness (QED) is 0.230. The molecule has 198 valence electrons. The number of hydrogen-bond acceptors (Lipinski definition) is 11. The zero-order valence-corrected chi connectivity index (χ0v) is 20.5. The van der Waals surface area contributed by atoms with Crippen molar-refractivity contribution in [3.63, 3.8) is 0 Å². The Kier molecular flexibility index (Phi) is 7.94. The number of hydrogen-bond donors (Lipinski definition) is 1. The Morgan fingerprint density at radius 1 is 1.00 bits per heavy atom. The number of nitrogens with one attached hydrogen (secondary N) is 1. The molecule has 0 saturated carbocycles. The first-order chi connectivity index (χ1) is 17.9. The maximum atomic E-state index is 12.3. The first-order valence-electron chi connectivity index (χ1n) is 10.7. The summed E-state index contributed by atoms with van der Waals surface area (Å²) < 4.78 is 12.1. The van der Waals surface area contributed by atoms with Gasteiger partial charge < -0.3 is 9.47 Å². The molecule has 0 aliphatic carbocycles. The third-order valence-electron chi connectivity index (χ3n) is 5.32. The topological polar surface area (TPSA) is 207 Å². The number of amides is 1. The molecule has 0 unspecified atom stereocenters. The highest BCUT2D eigenvalue weighted by molar-refractivity contribution is 5.99. The molecule has 2 aromatic carbocycles. The zero-order valence-electron chi connectivity index (χ0n) is 20.5. The van der Waals surface area contributed by atoms with Crippen molar-refractivity contribution < 1.29 is 29.0 Å². The maximum Gasteiger partial charge on any atom is 0.318 e. The second-order valence-corrected chi connectivity index (χ2v) is 7.80. The Labute approximate surface area is 213 Å². The third kappa shape index (κ3) is 5.86. The Morgan fingerprint density at radius 2 is 1.68 bits per heavy atom. The fourth-order valence-corrected chi connectivity index (χ4v) is 3.43. The molecule has 3 rings (SSSR count). The smallest absolute Gasteiger partial charge is 0.318 e. The van der Waals surface area contributed by atoms with Crippen molar-refractivity contribution in [3.05, 3.63) is 83.7 Å². The van der Waals surface area contributed by atoms with Crippen molar-refractivity contribution in [1.82, 2.24) is 15.2 Å². The first-order valence-corrected chi connectivity index (χ1v) is 10.7. The lowest BCUT2D eigenvalue weighted by Gasteiger charge is -2.12. The number of carbonyl (C=O) groups excluding carboxylic acids is 1. The van der Waals surface area contributed by atoms with Crippen LogP contribution in [0.5, 0.6) is 17.2 Å². The van der Waals surface area contributed by atoms with E-state index in [1.807, 2.05) is 0 Å². The minimum absolute atomic E-state index is 0.0937. The van der Waals surface area contributed by atoms with Gasteiger partial charge in [0.05, 0.1) is 33.7 Å². The largest absolute Gasteiger partial charge is 0.493 e. The zero-order chi connectivity index (χ0) is 28.1. The van der Waals surface area contributed by atoms with Crippen LogP contribution in [0.25, 0.3) is 0 Å². The Balaban J connectivity index is 1.77. The summed E-state index contributed by atoms with van der Waals surface area (Å²) in [6.45, 7) is 4.27. The van der Waals surface area contributed by atoms with Crippen LogP contribution in [0.1, 0.15) is 23.9 Å². The summed E-state index contributed by atoms with van der Waals surface area (Å²) in [5.74, 6) is -0.530. The lowest BCUT2D eigenvalue weighted by molar-refractivity contribution is -0.394. The van der Waals surface area contributed by atoms with Gasteiger partial charge in [-0.15, -0.1) is 0 Å². The lowest BCUT2D eigenvalue weighted by Crippen LogP contribution is -2.25. The van der Waals surface area contributed by atoms with Gasteiger partial charge in [-0.25, -0.2) is 5.43 Å². The van der Waals surface area contributed by atoms with E-state index in [-0.39, 0.29) is 40.9 Å².